The van der Waals surface area contributed by atoms with Crippen molar-refractivity contribution in [1.29, 1.82) is 0 Å². The molecule has 1 N–H and O–H groups in total. The second-order valence-corrected chi connectivity index (χ2v) is 5.54. The van der Waals surface area contributed by atoms with E-state index in [2.05, 4.69) is 41.2 Å². The van der Waals surface area contributed by atoms with E-state index in [-0.39, 0.29) is 0 Å². The molecule has 0 aliphatic carbocycles. The van der Waals surface area contributed by atoms with Gasteiger partial charge < -0.3 is 15.0 Å². The van der Waals surface area contributed by atoms with Gasteiger partial charge in [-0.2, -0.15) is 0 Å². The lowest BCUT2D eigenvalue weighted by Crippen LogP contribution is -2.40. The van der Waals surface area contributed by atoms with Gasteiger partial charge in [-0.05, 0) is 44.9 Å². The summed E-state index contributed by atoms with van der Waals surface area (Å²) in [5.74, 6) is 1.07. The molecule has 2 unspecified atom stereocenters. The van der Waals surface area contributed by atoms with E-state index in [0.29, 0.717) is 12.1 Å². The topological polar surface area (TPSA) is 37.4 Å². The predicted octanol–water partition coefficient (Wildman–Crippen LogP) is 2.76. The molecule has 1 aromatic heterocycles. The van der Waals surface area contributed by atoms with Crippen LogP contribution in [-0.4, -0.2) is 37.8 Å². The third-order valence-corrected chi connectivity index (χ3v) is 3.96. The molecular formula is C16H27N3O. The first kappa shape index (κ1) is 15.3. The van der Waals surface area contributed by atoms with E-state index in [4.69, 9.17) is 4.74 Å². The van der Waals surface area contributed by atoms with E-state index in [0.717, 1.165) is 31.9 Å². The first-order chi connectivity index (χ1) is 9.74. The lowest BCUT2D eigenvalue weighted by atomic mass is 10.1. The van der Waals surface area contributed by atoms with Crippen LogP contribution in [-0.2, 0) is 4.74 Å². The third kappa shape index (κ3) is 3.93. The second-order valence-electron chi connectivity index (χ2n) is 5.54. The van der Waals surface area contributed by atoms with Crippen molar-refractivity contribution in [2.24, 2.45) is 0 Å². The Hall–Kier alpha value is -1.13. The maximum absolute atomic E-state index is 5.88. The number of nitrogens with one attached hydrogen (secondary N) is 1. The van der Waals surface area contributed by atoms with E-state index >= 15 is 0 Å². The summed E-state index contributed by atoms with van der Waals surface area (Å²) in [6, 6.07) is 4.64. The highest BCUT2D eigenvalue weighted by molar-refractivity contribution is 5.40. The molecule has 1 aliphatic rings. The standard InChI is InChI=1S/C16H27N3O/c1-4-10-20-15-6-5-9-19(12-15)16-8-7-14(11-18-16)13(2)17-3/h7-8,11,13,15,17H,4-6,9-10,12H2,1-3H3. The summed E-state index contributed by atoms with van der Waals surface area (Å²) in [6.07, 6.45) is 5.79. The molecule has 0 bridgehead atoms. The number of piperidine rings is 1. The molecule has 0 saturated carbocycles. The Morgan fingerprint density at radius 1 is 1.50 bits per heavy atom. The summed E-state index contributed by atoms with van der Waals surface area (Å²) in [6.45, 7) is 7.22. The van der Waals surface area contributed by atoms with Gasteiger partial charge in [-0.25, -0.2) is 4.98 Å². The molecule has 4 heteroatoms. The van der Waals surface area contributed by atoms with Gasteiger partial charge in [0.2, 0.25) is 0 Å². The molecule has 0 radical (unpaired) electrons. The number of rotatable bonds is 6. The van der Waals surface area contributed by atoms with E-state index in [1.54, 1.807) is 0 Å². The zero-order valence-electron chi connectivity index (χ0n) is 12.9. The van der Waals surface area contributed by atoms with Crippen molar-refractivity contribution in [2.75, 3.05) is 31.6 Å². The Morgan fingerprint density at radius 2 is 2.35 bits per heavy atom. The largest absolute Gasteiger partial charge is 0.376 e. The molecule has 0 aromatic carbocycles. The minimum Gasteiger partial charge on any atom is -0.376 e. The number of hydrogen-bond acceptors (Lipinski definition) is 4. The van der Waals surface area contributed by atoms with Crippen molar-refractivity contribution in [3.63, 3.8) is 0 Å². The summed E-state index contributed by atoms with van der Waals surface area (Å²) < 4.78 is 5.88. The third-order valence-electron chi connectivity index (χ3n) is 3.96. The summed E-state index contributed by atoms with van der Waals surface area (Å²) in [7, 11) is 1.97. The first-order valence-corrected chi connectivity index (χ1v) is 7.74. The van der Waals surface area contributed by atoms with Crippen LogP contribution >= 0.6 is 0 Å². The highest BCUT2D eigenvalue weighted by Crippen LogP contribution is 2.21. The predicted molar refractivity (Wildman–Crippen MR) is 83.2 cm³/mol. The van der Waals surface area contributed by atoms with Crippen LogP contribution in [0.15, 0.2) is 18.3 Å². The number of pyridine rings is 1. The Morgan fingerprint density at radius 3 is 3.00 bits per heavy atom. The van der Waals surface area contributed by atoms with Gasteiger partial charge in [0, 0.05) is 31.9 Å². The molecule has 2 rings (SSSR count). The van der Waals surface area contributed by atoms with E-state index < -0.39 is 0 Å². The highest BCUT2D eigenvalue weighted by atomic mass is 16.5. The molecule has 4 nitrogen and oxygen atoms in total. The number of ether oxygens (including phenoxy) is 1. The van der Waals surface area contributed by atoms with Crippen molar-refractivity contribution in [1.82, 2.24) is 10.3 Å². The van der Waals surface area contributed by atoms with Crippen LogP contribution in [0.25, 0.3) is 0 Å². The summed E-state index contributed by atoms with van der Waals surface area (Å²) in [4.78, 5) is 6.96. The molecule has 1 saturated heterocycles. The normalized spacial score (nSPS) is 20.9. The molecule has 0 spiro atoms. The van der Waals surface area contributed by atoms with Gasteiger partial charge in [-0.1, -0.05) is 13.0 Å². The quantitative estimate of drug-likeness (QED) is 0.867. The van der Waals surface area contributed by atoms with Crippen LogP contribution in [0, 0.1) is 0 Å². The first-order valence-electron chi connectivity index (χ1n) is 7.74. The average Bonchev–Trinajstić information content (AvgIpc) is 2.52. The zero-order chi connectivity index (χ0) is 14.4. The highest BCUT2D eigenvalue weighted by Gasteiger charge is 2.21. The lowest BCUT2D eigenvalue weighted by Gasteiger charge is -2.33. The number of hydrogen-bond donors (Lipinski definition) is 1. The second kappa shape index (κ2) is 7.60. The molecule has 1 aromatic rings. The van der Waals surface area contributed by atoms with Crippen molar-refractivity contribution in [3.8, 4) is 0 Å². The van der Waals surface area contributed by atoms with Crippen LogP contribution in [0.5, 0.6) is 0 Å². The Labute approximate surface area is 122 Å². The van der Waals surface area contributed by atoms with E-state index in [1.807, 2.05) is 13.2 Å². The number of aromatic nitrogens is 1. The van der Waals surface area contributed by atoms with E-state index in [1.165, 1.54) is 18.4 Å². The van der Waals surface area contributed by atoms with Gasteiger partial charge >= 0.3 is 0 Å². The average molecular weight is 277 g/mol. The fourth-order valence-corrected chi connectivity index (χ4v) is 2.57. The lowest BCUT2D eigenvalue weighted by molar-refractivity contribution is 0.0439. The van der Waals surface area contributed by atoms with Crippen molar-refractivity contribution in [2.45, 2.75) is 45.3 Å². The molecule has 2 heterocycles. The zero-order valence-corrected chi connectivity index (χ0v) is 12.9. The number of nitrogens with zero attached hydrogens (tertiary/aromatic N) is 2. The van der Waals surface area contributed by atoms with Crippen LogP contribution in [0.4, 0.5) is 5.82 Å². The van der Waals surface area contributed by atoms with Gasteiger partial charge in [-0.3, -0.25) is 0 Å². The Bertz CT molecular complexity index is 393. The van der Waals surface area contributed by atoms with Crippen LogP contribution in [0.2, 0.25) is 0 Å². The molecule has 1 aliphatic heterocycles. The molecule has 0 amide bonds. The monoisotopic (exact) mass is 277 g/mol. The van der Waals surface area contributed by atoms with Crippen molar-refractivity contribution < 1.29 is 4.74 Å². The fourth-order valence-electron chi connectivity index (χ4n) is 2.57. The fraction of sp³-hybridized carbons (Fsp3) is 0.688. The molecule has 2 atom stereocenters. The van der Waals surface area contributed by atoms with Gasteiger partial charge in [-0.15, -0.1) is 0 Å². The Kier molecular flexibility index (Phi) is 5.80. The molecule has 112 valence electrons. The van der Waals surface area contributed by atoms with Crippen LogP contribution < -0.4 is 10.2 Å². The van der Waals surface area contributed by atoms with Gasteiger partial charge in [0.25, 0.3) is 0 Å². The van der Waals surface area contributed by atoms with Gasteiger partial charge in [0.15, 0.2) is 0 Å². The van der Waals surface area contributed by atoms with Crippen LogP contribution in [0.1, 0.15) is 44.7 Å². The summed E-state index contributed by atoms with van der Waals surface area (Å²) in [5.41, 5.74) is 1.23. The smallest absolute Gasteiger partial charge is 0.128 e. The maximum atomic E-state index is 5.88. The maximum Gasteiger partial charge on any atom is 0.128 e. The Balaban J connectivity index is 1.96. The van der Waals surface area contributed by atoms with Crippen LogP contribution in [0.3, 0.4) is 0 Å². The van der Waals surface area contributed by atoms with Gasteiger partial charge in [0.1, 0.15) is 5.82 Å². The van der Waals surface area contributed by atoms with E-state index in [9.17, 15) is 0 Å². The SMILES string of the molecule is CCCOC1CCCN(c2ccc(C(C)NC)cn2)C1. The minimum absolute atomic E-state index is 0.346. The minimum atomic E-state index is 0.346. The molecule has 20 heavy (non-hydrogen) atoms. The van der Waals surface area contributed by atoms with Crippen molar-refractivity contribution >= 4 is 5.82 Å². The molecular weight excluding hydrogens is 250 g/mol. The van der Waals surface area contributed by atoms with Gasteiger partial charge in [0.05, 0.1) is 6.10 Å². The summed E-state index contributed by atoms with van der Waals surface area (Å²) in [5, 5.41) is 3.24. The van der Waals surface area contributed by atoms with Crippen molar-refractivity contribution in [3.05, 3.63) is 23.9 Å². The number of anilines is 1. The molecule has 1 fully saturated rings. The summed E-state index contributed by atoms with van der Waals surface area (Å²) >= 11 is 0.